The molecule has 0 atom stereocenters. The van der Waals surface area contributed by atoms with E-state index in [4.69, 9.17) is 16.3 Å². The third-order valence-electron chi connectivity index (χ3n) is 3.48. The van der Waals surface area contributed by atoms with Crippen molar-refractivity contribution in [1.82, 2.24) is 14.8 Å². The number of hydrogen-bond acceptors (Lipinski definition) is 4. The van der Waals surface area contributed by atoms with Crippen molar-refractivity contribution < 1.29 is 22.3 Å². The number of halogens is 5. The summed E-state index contributed by atoms with van der Waals surface area (Å²) in [6.45, 7) is 0. The predicted molar refractivity (Wildman–Crippen MR) is 87.6 cm³/mol. The molecule has 27 heavy (non-hydrogen) atoms. The zero-order valence-electron chi connectivity index (χ0n) is 13.6. The van der Waals surface area contributed by atoms with E-state index in [1.54, 1.807) is 0 Å². The van der Waals surface area contributed by atoms with Gasteiger partial charge in [-0.3, -0.25) is 0 Å². The van der Waals surface area contributed by atoms with Crippen LogP contribution >= 0.6 is 11.6 Å². The molecule has 0 N–H and O–H groups in total. The highest BCUT2D eigenvalue weighted by Crippen LogP contribution is 2.32. The Morgan fingerprint density at radius 2 is 1.93 bits per heavy atom. The van der Waals surface area contributed by atoms with Gasteiger partial charge in [0, 0.05) is 24.7 Å². The van der Waals surface area contributed by atoms with Gasteiger partial charge in [-0.1, -0.05) is 11.6 Å². The van der Waals surface area contributed by atoms with E-state index in [1.165, 1.54) is 31.3 Å². The smallest absolute Gasteiger partial charge is 0.421 e. The monoisotopic (exact) mass is 396 g/mol. The molecule has 2 heterocycles. The first-order valence-corrected chi connectivity index (χ1v) is 7.72. The van der Waals surface area contributed by atoms with Crippen LogP contribution in [0.3, 0.4) is 0 Å². The molecule has 0 bridgehead atoms. The lowest BCUT2D eigenvalue weighted by Gasteiger charge is -2.08. The summed E-state index contributed by atoms with van der Waals surface area (Å²) in [6, 6.07) is 9.15. The molecule has 0 saturated carbocycles. The molecule has 0 saturated heterocycles. The lowest BCUT2D eigenvalue weighted by molar-refractivity contribution is -0.141. The van der Waals surface area contributed by atoms with E-state index in [-0.39, 0.29) is 28.0 Å². The van der Waals surface area contributed by atoms with Crippen molar-refractivity contribution in [3.63, 3.8) is 0 Å². The second-order valence-electron chi connectivity index (χ2n) is 5.41. The highest BCUT2D eigenvalue weighted by atomic mass is 35.5. The summed E-state index contributed by atoms with van der Waals surface area (Å²) in [6.07, 6.45) is -4.63. The first-order valence-electron chi connectivity index (χ1n) is 7.34. The molecular weight excluding hydrogens is 388 g/mol. The standard InChI is InChI=1S/C17H9ClF4N4O/c1-26-16(7-14(25-26)17(20,21)22)27-15-5-9(8-23)4-13(24-15)10-2-3-12(19)11(18)6-10/h2-7H,1H3. The van der Waals surface area contributed by atoms with Crippen molar-refractivity contribution >= 4 is 11.6 Å². The molecule has 3 rings (SSSR count). The molecule has 1 aromatic carbocycles. The Kier molecular flexibility index (Phi) is 4.76. The van der Waals surface area contributed by atoms with Crippen LogP contribution in [-0.4, -0.2) is 14.8 Å². The van der Waals surface area contributed by atoms with Crippen molar-refractivity contribution in [3.8, 4) is 29.1 Å². The SMILES string of the molecule is Cn1nc(C(F)(F)F)cc1Oc1cc(C#N)cc(-c2ccc(F)c(Cl)c2)n1. The van der Waals surface area contributed by atoms with Gasteiger partial charge in [0.2, 0.25) is 11.8 Å². The number of hydrogen-bond donors (Lipinski definition) is 0. The molecule has 0 amide bonds. The number of nitrogens with zero attached hydrogens (tertiary/aromatic N) is 4. The summed E-state index contributed by atoms with van der Waals surface area (Å²) in [5.74, 6) is -0.961. The van der Waals surface area contributed by atoms with Gasteiger partial charge >= 0.3 is 6.18 Å². The minimum Gasteiger partial charge on any atom is -0.421 e. The fourth-order valence-electron chi connectivity index (χ4n) is 2.22. The Balaban J connectivity index is 2.01. The normalized spacial score (nSPS) is 11.3. The molecule has 0 unspecified atom stereocenters. The van der Waals surface area contributed by atoms with Gasteiger partial charge in [-0.25, -0.2) is 14.1 Å². The van der Waals surface area contributed by atoms with E-state index in [0.717, 1.165) is 16.8 Å². The fraction of sp³-hybridized carbons (Fsp3) is 0.118. The minimum absolute atomic E-state index is 0.124. The van der Waals surface area contributed by atoms with Crippen LogP contribution in [0.2, 0.25) is 5.02 Å². The molecule has 0 aliphatic rings. The Hall–Kier alpha value is -3.12. The second kappa shape index (κ2) is 6.89. The number of aryl methyl sites for hydroxylation is 1. The third kappa shape index (κ3) is 4.01. The molecule has 0 aliphatic heterocycles. The topological polar surface area (TPSA) is 63.7 Å². The molecule has 3 aromatic rings. The second-order valence-corrected chi connectivity index (χ2v) is 5.82. The summed E-state index contributed by atoms with van der Waals surface area (Å²) in [4.78, 5) is 4.15. The number of alkyl halides is 3. The van der Waals surface area contributed by atoms with Crippen LogP contribution < -0.4 is 4.74 Å². The van der Waals surface area contributed by atoms with Gasteiger partial charge < -0.3 is 4.74 Å². The molecule has 0 radical (unpaired) electrons. The Bertz CT molecular complexity index is 1060. The van der Waals surface area contributed by atoms with Gasteiger partial charge in [0.25, 0.3) is 0 Å². The maximum Gasteiger partial charge on any atom is 0.435 e. The van der Waals surface area contributed by atoms with E-state index >= 15 is 0 Å². The molecule has 0 fully saturated rings. The van der Waals surface area contributed by atoms with E-state index < -0.39 is 17.7 Å². The van der Waals surface area contributed by atoms with Crippen molar-refractivity contribution in [1.29, 1.82) is 5.26 Å². The van der Waals surface area contributed by atoms with Gasteiger partial charge in [0.15, 0.2) is 5.69 Å². The van der Waals surface area contributed by atoms with Crippen molar-refractivity contribution in [2.75, 3.05) is 0 Å². The van der Waals surface area contributed by atoms with Gasteiger partial charge in [-0.05, 0) is 24.3 Å². The Labute approximate surface area is 155 Å². The summed E-state index contributed by atoms with van der Waals surface area (Å²) >= 11 is 5.76. The third-order valence-corrected chi connectivity index (χ3v) is 3.77. The minimum atomic E-state index is -4.63. The van der Waals surface area contributed by atoms with Crippen LogP contribution in [0.5, 0.6) is 11.8 Å². The number of aromatic nitrogens is 3. The highest BCUT2D eigenvalue weighted by molar-refractivity contribution is 6.31. The molecular formula is C17H9ClF4N4O. The number of nitriles is 1. The summed E-state index contributed by atoms with van der Waals surface area (Å²) < 4.78 is 57.9. The van der Waals surface area contributed by atoms with Crippen molar-refractivity contribution in [2.24, 2.45) is 7.05 Å². The molecule has 5 nitrogen and oxygen atoms in total. The highest BCUT2D eigenvalue weighted by Gasteiger charge is 2.35. The average Bonchev–Trinajstić information content (AvgIpc) is 2.98. The van der Waals surface area contributed by atoms with Gasteiger partial charge in [-0.2, -0.15) is 23.5 Å². The number of benzene rings is 1. The molecule has 0 spiro atoms. The van der Waals surface area contributed by atoms with Crippen LogP contribution in [0.25, 0.3) is 11.3 Å². The van der Waals surface area contributed by atoms with Gasteiger partial charge in [0.05, 0.1) is 22.3 Å². The maximum absolute atomic E-state index is 13.3. The number of rotatable bonds is 3. The lowest BCUT2D eigenvalue weighted by atomic mass is 10.1. The van der Waals surface area contributed by atoms with E-state index in [0.29, 0.717) is 5.56 Å². The van der Waals surface area contributed by atoms with Crippen LogP contribution in [0.1, 0.15) is 11.3 Å². The zero-order valence-corrected chi connectivity index (χ0v) is 14.3. The van der Waals surface area contributed by atoms with Crippen LogP contribution in [0.15, 0.2) is 36.4 Å². The van der Waals surface area contributed by atoms with Crippen LogP contribution in [0.4, 0.5) is 17.6 Å². The van der Waals surface area contributed by atoms with Gasteiger partial charge in [-0.15, -0.1) is 0 Å². The number of pyridine rings is 1. The first-order chi connectivity index (χ1) is 12.7. The fourth-order valence-corrected chi connectivity index (χ4v) is 2.40. The molecule has 138 valence electrons. The summed E-state index contributed by atoms with van der Waals surface area (Å²) in [7, 11) is 1.28. The summed E-state index contributed by atoms with van der Waals surface area (Å²) in [5.41, 5.74) is -0.330. The predicted octanol–water partition coefficient (Wildman–Crippen LogP) is 4.96. The Morgan fingerprint density at radius 3 is 2.52 bits per heavy atom. The van der Waals surface area contributed by atoms with Crippen LogP contribution in [0, 0.1) is 17.1 Å². The van der Waals surface area contributed by atoms with E-state index in [9.17, 15) is 22.8 Å². The average molecular weight is 397 g/mol. The lowest BCUT2D eigenvalue weighted by Crippen LogP contribution is -2.06. The van der Waals surface area contributed by atoms with Crippen molar-refractivity contribution in [3.05, 3.63) is 58.5 Å². The maximum atomic E-state index is 13.3. The molecule has 0 aliphatic carbocycles. The number of ether oxygens (including phenoxy) is 1. The largest absolute Gasteiger partial charge is 0.435 e. The first kappa shape index (κ1) is 18.7. The summed E-state index contributed by atoms with van der Waals surface area (Å²) in [5, 5.41) is 12.4. The zero-order chi connectivity index (χ0) is 19.8. The van der Waals surface area contributed by atoms with Crippen LogP contribution in [-0.2, 0) is 13.2 Å². The molecule has 10 heteroatoms. The Morgan fingerprint density at radius 1 is 1.19 bits per heavy atom. The molecule has 2 aromatic heterocycles. The van der Waals surface area contributed by atoms with Crippen molar-refractivity contribution in [2.45, 2.75) is 6.18 Å². The van der Waals surface area contributed by atoms with E-state index in [1.807, 2.05) is 6.07 Å². The van der Waals surface area contributed by atoms with Gasteiger partial charge in [0.1, 0.15) is 5.82 Å². The quantitative estimate of drug-likeness (QED) is 0.587. The van der Waals surface area contributed by atoms with E-state index in [2.05, 4.69) is 10.1 Å².